The number of hydrogen-bond donors (Lipinski definition) is 1. The fourth-order valence-electron chi connectivity index (χ4n) is 2.58. The second-order valence-corrected chi connectivity index (χ2v) is 5.26. The van der Waals surface area contributed by atoms with Crippen LogP contribution < -0.4 is 0 Å². The van der Waals surface area contributed by atoms with Gasteiger partial charge in [0, 0.05) is 30.3 Å². The van der Waals surface area contributed by atoms with E-state index >= 15 is 0 Å². The molecule has 0 amide bonds. The van der Waals surface area contributed by atoms with Crippen LogP contribution in [0.4, 0.5) is 0 Å². The fourth-order valence-corrected chi connectivity index (χ4v) is 2.58. The van der Waals surface area contributed by atoms with E-state index in [0.29, 0.717) is 16.5 Å². The average molecular weight is 323 g/mol. The number of aromatic hydroxyl groups is 1. The van der Waals surface area contributed by atoms with Crippen LogP contribution in [-0.4, -0.2) is 37.1 Å². The summed E-state index contributed by atoms with van der Waals surface area (Å²) in [5.41, 5.74) is 0.668. The number of carbonyl (C=O) groups is 3. The van der Waals surface area contributed by atoms with Gasteiger partial charge in [0.05, 0.1) is 17.3 Å². The van der Waals surface area contributed by atoms with Crippen LogP contribution in [-0.2, 0) is 0 Å². The lowest BCUT2D eigenvalue weighted by molar-refractivity contribution is 0.0932. The standard InChI is InChI=1S/C17H13N3O4/c1-9(21)11-3-4-14-12(7-11)15(17(24)20(14)10(2)22)16(23)13-8-18-5-6-19-13/h3-8,24H,1-2H3. The first-order valence-corrected chi connectivity index (χ1v) is 7.12. The molecule has 0 fully saturated rings. The molecule has 3 aromatic rings. The third-order valence-electron chi connectivity index (χ3n) is 3.69. The molecule has 0 bridgehead atoms. The number of carbonyl (C=O) groups excluding carboxylic acids is 3. The third kappa shape index (κ3) is 2.36. The van der Waals surface area contributed by atoms with E-state index in [0.717, 1.165) is 4.57 Å². The van der Waals surface area contributed by atoms with Gasteiger partial charge in [0.1, 0.15) is 5.69 Å². The van der Waals surface area contributed by atoms with E-state index in [9.17, 15) is 19.5 Å². The Kier molecular flexibility index (Phi) is 3.69. The topological polar surface area (TPSA) is 102 Å². The van der Waals surface area contributed by atoms with Crippen LogP contribution in [0.1, 0.15) is 45.1 Å². The zero-order valence-electron chi connectivity index (χ0n) is 13.0. The first-order valence-electron chi connectivity index (χ1n) is 7.12. The number of fused-ring (bicyclic) bond motifs is 1. The van der Waals surface area contributed by atoms with Crippen molar-refractivity contribution in [3.8, 4) is 5.88 Å². The lowest BCUT2D eigenvalue weighted by atomic mass is 10.0. The van der Waals surface area contributed by atoms with E-state index in [4.69, 9.17) is 0 Å². The van der Waals surface area contributed by atoms with Crippen LogP contribution in [0.2, 0.25) is 0 Å². The molecule has 24 heavy (non-hydrogen) atoms. The molecule has 7 nitrogen and oxygen atoms in total. The Bertz CT molecular complexity index is 990. The van der Waals surface area contributed by atoms with Gasteiger partial charge in [-0.05, 0) is 25.1 Å². The lowest BCUT2D eigenvalue weighted by Crippen LogP contribution is -2.07. The number of nitrogens with zero attached hydrogens (tertiary/aromatic N) is 3. The number of ketones is 2. The molecule has 0 saturated carbocycles. The van der Waals surface area contributed by atoms with Crippen LogP contribution in [0.5, 0.6) is 5.88 Å². The molecule has 0 aliphatic carbocycles. The number of rotatable bonds is 3. The Morgan fingerprint density at radius 2 is 1.88 bits per heavy atom. The summed E-state index contributed by atoms with van der Waals surface area (Å²) in [4.78, 5) is 44.0. The van der Waals surface area contributed by atoms with Gasteiger partial charge in [-0.1, -0.05) is 0 Å². The number of benzene rings is 1. The molecular formula is C17H13N3O4. The Labute approximate surface area is 136 Å². The van der Waals surface area contributed by atoms with Crippen molar-refractivity contribution in [3.05, 3.63) is 53.6 Å². The van der Waals surface area contributed by atoms with Gasteiger partial charge in [0.25, 0.3) is 0 Å². The molecule has 0 spiro atoms. The number of hydrogen-bond acceptors (Lipinski definition) is 6. The second-order valence-electron chi connectivity index (χ2n) is 5.26. The highest BCUT2D eigenvalue weighted by Crippen LogP contribution is 2.33. The van der Waals surface area contributed by atoms with Crippen molar-refractivity contribution >= 4 is 28.4 Å². The molecular weight excluding hydrogens is 310 g/mol. The molecule has 0 atom stereocenters. The minimum absolute atomic E-state index is 0.0311. The van der Waals surface area contributed by atoms with Gasteiger partial charge in [-0.15, -0.1) is 0 Å². The zero-order valence-corrected chi connectivity index (χ0v) is 13.0. The molecule has 0 saturated heterocycles. The van der Waals surface area contributed by atoms with Crippen molar-refractivity contribution in [3.63, 3.8) is 0 Å². The van der Waals surface area contributed by atoms with Crippen LogP contribution in [0, 0.1) is 0 Å². The van der Waals surface area contributed by atoms with Gasteiger partial charge in [-0.2, -0.15) is 0 Å². The van der Waals surface area contributed by atoms with Crippen molar-refractivity contribution in [1.29, 1.82) is 0 Å². The van der Waals surface area contributed by atoms with Crippen molar-refractivity contribution in [2.75, 3.05) is 0 Å². The van der Waals surface area contributed by atoms with Crippen LogP contribution in [0.3, 0.4) is 0 Å². The first kappa shape index (κ1) is 15.5. The van der Waals surface area contributed by atoms with E-state index in [1.54, 1.807) is 6.07 Å². The quantitative estimate of drug-likeness (QED) is 0.742. The minimum Gasteiger partial charge on any atom is -0.494 e. The Morgan fingerprint density at radius 3 is 2.46 bits per heavy atom. The molecule has 2 aromatic heterocycles. The van der Waals surface area contributed by atoms with E-state index in [1.165, 1.54) is 44.6 Å². The van der Waals surface area contributed by atoms with Gasteiger partial charge < -0.3 is 5.11 Å². The summed E-state index contributed by atoms with van der Waals surface area (Å²) in [6, 6.07) is 4.56. The first-order chi connectivity index (χ1) is 11.4. The Hall–Kier alpha value is -3.35. The highest BCUT2D eigenvalue weighted by molar-refractivity contribution is 6.19. The summed E-state index contributed by atoms with van der Waals surface area (Å²) in [6.45, 7) is 2.67. The molecule has 120 valence electrons. The summed E-state index contributed by atoms with van der Waals surface area (Å²) in [5, 5.41) is 10.7. The predicted molar refractivity (Wildman–Crippen MR) is 85.4 cm³/mol. The van der Waals surface area contributed by atoms with Crippen LogP contribution >= 0.6 is 0 Å². The Morgan fingerprint density at radius 1 is 1.12 bits per heavy atom. The fraction of sp³-hybridized carbons (Fsp3) is 0.118. The highest BCUT2D eigenvalue weighted by Gasteiger charge is 2.26. The van der Waals surface area contributed by atoms with Crippen LogP contribution in [0.15, 0.2) is 36.8 Å². The highest BCUT2D eigenvalue weighted by atomic mass is 16.3. The van der Waals surface area contributed by atoms with Crippen molar-refractivity contribution in [2.24, 2.45) is 0 Å². The van der Waals surface area contributed by atoms with Crippen LogP contribution in [0.25, 0.3) is 10.9 Å². The zero-order chi connectivity index (χ0) is 17.4. The van der Waals surface area contributed by atoms with Gasteiger partial charge in [0.2, 0.25) is 17.6 Å². The largest absolute Gasteiger partial charge is 0.494 e. The average Bonchev–Trinajstić information content (AvgIpc) is 2.86. The van der Waals surface area contributed by atoms with Crippen molar-refractivity contribution in [2.45, 2.75) is 13.8 Å². The number of aromatic nitrogens is 3. The van der Waals surface area contributed by atoms with Gasteiger partial charge >= 0.3 is 0 Å². The molecule has 2 heterocycles. The summed E-state index contributed by atoms with van der Waals surface area (Å²) < 4.78 is 1.03. The lowest BCUT2D eigenvalue weighted by Gasteiger charge is -2.01. The summed E-state index contributed by atoms with van der Waals surface area (Å²) in [7, 11) is 0. The second kappa shape index (κ2) is 5.69. The predicted octanol–water partition coefficient (Wildman–Crippen LogP) is 2.23. The van der Waals surface area contributed by atoms with Crippen molar-refractivity contribution < 1.29 is 19.5 Å². The maximum Gasteiger partial charge on any atom is 0.230 e. The summed E-state index contributed by atoms with van der Waals surface area (Å²) in [6.07, 6.45) is 4.05. The molecule has 1 aromatic carbocycles. The number of Topliss-reactive ketones (excluding diaryl/α,β-unsaturated/α-hetero) is 1. The molecule has 0 aliphatic heterocycles. The van der Waals surface area contributed by atoms with E-state index < -0.39 is 17.6 Å². The SMILES string of the molecule is CC(=O)c1ccc2c(c1)c(C(=O)c1cnccn1)c(O)n2C(C)=O. The maximum absolute atomic E-state index is 12.7. The van der Waals surface area contributed by atoms with Crippen molar-refractivity contribution in [1.82, 2.24) is 14.5 Å². The molecule has 7 heteroatoms. The molecule has 0 aliphatic rings. The monoisotopic (exact) mass is 323 g/mol. The molecule has 1 N–H and O–H groups in total. The Balaban J connectivity index is 2.35. The normalized spacial score (nSPS) is 10.8. The van der Waals surface area contributed by atoms with E-state index in [2.05, 4.69) is 9.97 Å². The van der Waals surface area contributed by atoms with Gasteiger partial charge in [-0.3, -0.25) is 23.9 Å². The molecule has 3 rings (SSSR count). The summed E-state index contributed by atoms with van der Waals surface area (Å²) in [5.74, 6) is -1.70. The molecule has 0 radical (unpaired) electrons. The van der Waals surface area contributed by atoms with E-state index in [1.807, 2.05) is 0 Å². The smallest absolute Gasteiger partial charge is 0.230 e. The van der Waals surface area contributed by atoms with Gasteiger partial charge in [-0.25, -0.2) is 4.98 Å². The molecule has 0 unspecified atom stereocenters. The van der Waals surface area contributed by atoms with Gasteiger partial charge in [0.15, 0.2) is 5.78 Å². The summed E-state index contributed by atoms with van der Waals surface area (Å²) >= 11 is 0. The maximum atomic E-state index is 12.7. The van der Waals surface area contributed by atoms with E-state index in [-0.39, 0.29) is 17.0 Å². The third-order valence-corrected chi connectivity index (χ3v) is 3.69. The minimum atomic E-state index is -0.577.